The maximum Gasteiger partial charge on any atom is 0.308 e. The van der Waals surface area contributed by atoms with Crippen LogP contribution in [0.2, 0.25) is 0 Å². The Balaban J connectivity index is 2.02. The molecular formula is C20H19NO3. The summed E-state index contributed by atoms with van der Waals surface area (Å²) >= 11 is 0. The average molecular weight is 321 g/mol. The van der Waals surface area contributed by atoms with E-state index < -0.39 is 17.8 Å². The smallest absolute Gasteiger partial charge is 0.308 e. The van der Waals surface area contributed by atoms with Gasteiger partial charge in [-0.25, -0.2) is 0 Å². The first kappa shape index (κ1) is 14.9. The van der Waals surface area contributed by atoms with E-state index in [9.17, 15) is 14.7 Å². The molecule has 0 aliphatic heterocycles. The van der Waals surface area contributed by atoms with Crippen LogP contribution in [0.3, 0.4) is 0 Å². The third kappa shape index (κ3) is 1.86. The molecule has 1 N–H and O–H groups in total. The van der Waals surface area contributed by atoms with Crippen molar-refractivity contribution in [3.63, 3.8) is 0 Å². The van der Waals surface area contributed by atoms with E-state index >= 15 is 0 Å². The molecule has 5 rings (SSSR count). The molecule has 0 saturated carbocycles. The maximum atomic E-state index is 12.9. The minimum atomic E-state index is -0.894. The molecule has 4 heteroatoms. The van der Waals surface area contributed by atoms with Crippen molar-refractivity contribution in [2.75, 3.05) is 14.1 Å². The molecule has 1 amide bonds. The Morgan fingerprint density at radius 2 is 1.17 bits per heavy atom. The van der Waals surface area contributed by atoms with Crippen LogP contribution in [0.15, 0.2) is 48.5 Å². The van der Waals surface area contributed by atoms with Gasteiger partial charge in [-0.3, -0.25) is 9.59 Å². The van der Waals surface area contributed by atoms with Crippen molar-refractivity contribution >= 4 is 11.9 Å². The molecule has 2 atom stereocenters. The summed E-state index contributed by atoms with van der Waals surface area (Å²) < 4.78 is 0. The third-order valence-electron chi connectivity index (χ3n) is 5.45. The number of fused-ring (bicyclic) bond motifs is 1. The van der Waals surface area contributed by atoms with Crippen molar-refractivity contribution in [3.05, 3.63) is 70.8 Å². The second kappa shape index (κ2) is 5.20. The fourth-order valence-electron chi connectivity index (χ4n) is 4.57. The normalized spacial score (nSPS) is 26.4. The van der Waals surface area contributed by atoms with E-state index in [1.54, 1.807) is 14.1 Å². The zero-order valence-electron chi connectivity index (χ0n) is 13.6. The lowest BCUT2D eigenvalue weighted by molar-refractivity contribution is -0.151. The first-order chi connectivity index (χ1) is 11.5. The summed E-state index contributed by atoms with van der Waals surface area (Å²) in [5.74, 6) is -2.76. The van der Waals surface area contributed by atoms with Gasteiger partial charge in [-0.05, 0) is 22.3 Å². The lowest BCUT2D eigenvalue weighted by Gasteiger charge is -2.48. The summed E-state index contributed by atoms with van der Waals surface area (Å²) in [5.41, 5.74) is 4.30. The van der Waals surface area contributed by atoms with Crippen LogP contribution in [0.25, 0.3) is 0 Å². The van der Waals surface area contributed by atoms with Gasteiger partial charge in [-0.2, -0.15) is 0 Å². The van der Waals surface area contributed by atoms with Gasteiger partial charge in [0.25, 0.3) is 0 Å². The lowest BCUT2D eigenvalue weighted by Crippen LogP contribution is -2.49. The van der Waals surface area contributed by atoms with Crippen molar-refractivity contribution < 1.29 is 14.7 Å². The van der Waals surface area contributed by atoms with Crippen molar-refractivity contribution in [1.29, 1.82) is 0 Å². The Kier molecular flexibility index (Phi) is 3.23. The lowest BCUT2D eigenvalue weighted by atomic mass is 9.54. The predicted octanol–water partition coefficient (Wildman–Crippen LogP) is 2.68. The molecule has 0 aromatic heterocycles. The number of benzene rings is 2. The molecule has 2 bridgehead atoms. The van der Waals surface area contributed by atoms with Crippen molar-refractivity contribution in [1.82, 2.24) is 4.90 Å². The quantitative estimate of drug-likeness (QED) is 0.925. The van der Waals surface area contributed by atoms with Crippen LogP contribution in [0, 0.1) is 11.8 Å². The minimum Gasteiger partial charge on any atom is -0.481 e. The van der Waals surface area contributed by atoms with Gasteiger partial charge in [0, 0.05) is 25.9 Å². The van der Waals surface area contributed by atoms with Gasteiger partial charge in [0.2, 0.25) is 5.91 Å². The summed E-state index contributed by atoms with van der Waals surface area (Å²) in [5, 5.41) is 9.94. The summed E-state index contributed by atoms with van der Waals surface area (Å²) in [4.78, 5) is 26.5. The highest BCUT2D eigenvalue weighted by Crippen LogP contribution is 2.58. The van der Waals surface area contributed by atoms with E-state index in [1.807, 2.05) is 48.5 Å². The van der Waals surface area contributed by atoms with Crippen molar-refractivity contribution in [2.45, 2.75) is 11.8 Å². The molecule has 0 fully saturated rings. The van der Waals surface area contributed by atoms with Crippen LogP contribution in [0.5, 0.6) is 0 Å². The molecule has 24 heavy (non-hydrogen) atoms. The van der Waals surface area contributed by atoms with Crippen LogP contribution in [0.1, 0.15) is 34.1 Å². The number of carboxylic acids is 1. The number of hydrogen-bond acceptors (Lipinski definition) is 2. The van der Waals surface area contributed by atoms with Crippen LogP contribution < -0.4 is 0 Å². The van der Waals surface area contributed by atoms with Crippen LogP contribution >= 0.6 is 0 Å². The van der Waals surface area contributed by atoms with Gasteiger partial charge in [0.05, 0.1) is 11.8 Å². The summed E-state index contributed by atoms with van der Waals surface area (Å²) in [7, 11) is 3.39. The molecule has 2 aromatic carbocycles. The Morgan fingerprint density at radius 3 is 1.50 bits per heavy atom. The second-order valence-corrected chi connectivity index (χ2v) is 6.84. The molecule has 0 radical (unpaired) electrons. The van der Waals surface area contributed by atoms with Gasteiger partial charge >= 0.3 is 5.97 Å². The van der Waals surface area contributed by atoms with E-state index in [1.165, 1.54) is 4.90 Å². The first-order valence-electron chi connectivity index (χ1n) is 8.14. The van der Waals surface area contributed by atoms with Gasteiger partial charge in [0.1, 0.15) is 0 Å². The van der Waals surface area contributed by atoms with E-state index in [0.29, 0.717) is 0 Å². The second-order valence-electron chi connectivity index (χ2n) is 6.84. The Hall–Kier alpha value is -2.62. The molecule has 0 saturated heterocycles. The predicted molar refractivity (Wildman–Crippen MR) is 89.9 cm³/mol. The molecule has 122 valence electrons. The van der Waals surface area contributed by atoms with Crippen LogP contribution in [0.4, 0.5) is 0 Å². The van der Waals surface area contributed by atoms with Crippen LogP contribution in [-0.4, -0.2) is 36.0 Å². The third-order valence-corrected chi connectivity index (χ3v) is 5.45. The molecular weight excluding hydrogens is 302 g/mol. The molecule has 4 nitrogen and oxygen atoms in total. The zero-order valence-corrected chi connectivity index (χ0v) is 13.6. The first-order valence-corrected chi connectivity index (χ1v) is 8.14. The molecule has 0 spiro atoms. The number of nitrogens with zero attached hydrogens (tertiary/aromatic N) is 1. The van der Waals surface area contributed by atoms with Gasteiger partial charge in [-0.15, -0.1) is 0 Å². The van der Waals surface area contributed by atoms with E-state index in [-0.39, 0.29) is 17.7 Å². The Morgan fingerprint density at radius 1 is 0.792 bits per heavy atom. The fraction of sp³-hybridized carbons (Fsp3) is 0.300. The van der Waals surface area contributed by atoms with Crippen molar-refractivity contribution in [2.24, 2.45) is 11.8 Å². The number of hydrogen-bond donors (Lipinski definition) is 1. The number of carbonyl (C=O) groups is 2. The van der Waals surface area contributed by atoms with E-state index in [0.717, 1.165) is 22.3 Å². The monoisotopic (exact) mass is 321 g/mol. The van der Waals surface area contributed by atoms with E-state index in [4.69, 9.17) is 0 Å². The van der Waals surface area contributed by atoms with Gasteiger partial charge in [-0.1, -0.05) is 48.5 Å². The molecule has 2 aromatic rings. The highest BCUT2D eigenvalue weighted by Gasteiger charge is 2.55. The van der Waals surface area contributed by atoms with Crippen LogP contribution in [-0.2, 0) is 9.59 Å². The number of amides is 1. The summed E-state index contributed by atoms with van der Waals surface area (Å²) in [6.45, 7) is 0. The zero-order chi connectivity index (χ0) is 17.0. The standard InChI is InChI=1S/C20H19NO3/c1-21(2)19(22)17-15-11-7-3-5-9-13(11)16(18(17)20(23)24)14-10-6-4-8-12(14)15/h3-10,15-18H,1-2H3,(H,23,24)/t15?,16?,17-,18-/m0/s1. The highest BCUT2D eigenvalue weighted by molar-refractivity contribution is 5.89. The molecule has 3 aliphatic carbocycles. The average Bonchev–Trinajstić information content (AvgIpc) is 2.60. The molecule has 3 aliphatic rings. The fourth-order valence-corrected chi connectivity index (χ4v) is 4.57. The topological polar surface area (TPSA) is 57.6 Å². The molecule has 0 heterocycles. The Labute approximate surface area is 140 Å². The number of carbonyl (C=O) groups excluding carboxylic acids is 1. The molecule has 0 unspecified atom stereocenters. The van der Waals surface area contributed by atoms with Gasteiger partial charge in [0.15, 0.2) is 0 Å². The number of aliphatic carboxylic acids is 1. The minimum absolute atomic E-state index is 0.110. The SMILES string of the molecule is CN(C)C(=O)[C@H]1C2c3ccccc3C(c3ccccc32)[C@@H]1C(=O)O. The van der Waals surface area contributed by atoms with Gasteiger partial charge < -0.3 is 10.0 Å². The summed E-state index contributed by atoms with van der Waals surface area (Å²) in [6, 6.07) is 15.9. The maximum absolute atomic E-state index is 12.9. The number of carboxylic acid groups (broad SMARTS) is 1. The summed E-state index contributed by atoms with van der Waals surface area (Å²) in [6.07, 6.45) is 0. The highest BCUT2D eigenvalue weighted by atomic mass is 16.4. The largest absolute Gasteiger partial charge is 0.481 e. The Bertz CT molecular complexity index is 795. The van der Waals surface area contributed by atoms with Crippen molar-refractivity contribution in [3.8, 4) is 0 Å². The van der Waals surface area contributed by atoms with E-state index in [2.05, 4.69) is 0 Å². The number of rotatable bonds is 2.